The molecule has 2 saturated heterocycles. The summed E-state index contributed by atoms with van der Waals surface area (Å²) < 4.78 is 59.5. The summed E-state index contributed by atoms with van der Waals surface area (Å²) in [5, 5.41) is 75.8. The molecule has 0 aromatic carbocycles. The van der Waals surface area contributed by atoms with Crippen LogP contribution in [0.5, 0.6) is 0 Å². The Morgan fingerprint density at radius 3 is 2.09 bits per heavy atom. The maximum atomic E-state index is 12.8. The number of hydrogen-bond acceptors (Lipinski definition) is 14. The number of allylic oxidation sites excluding steroid dienone is 1. The highest BCUT2D eigenvalue weighted by Gasteiger charge is 2.68. The highest BCUT2D eigenvalue weighted by Crippen LogP contribution is 2.69. The van der Waals surface area contributed by atoms with Crippen LogP contribution in [-0.2, 0) is 33.5 Å². The summed E-state index contributed by atoms with van der Waals surface area (Å²) in [6, 6.07) is 0. The van der Waals surface area contributed by atoms with Gasteiger partial charge in [0.2, 0.25) is 0 Å². The van der Waals surface area contributed by atoms with Crippen LogP contribution in [0.15, 0.2) is 12.2 Å². The van der Waals surface area contributed by atoms with Crippen molar-refractivity contribution in [2.24, 2.45) is 46.3 Å². The van der Waals surface area contributed by atoms with E-state index in [1.165, 1.54) is 0 Å². The maximum absolute atomic E-state index is 12.8. The Morgan fingerprint density at radius 2 is 1.42 bits per heavy atom. The van der Waals surface area contributed by atoms with E-state index in [0.29, 0.717) is 12.8 Å². The molecule has 0 aromatic rings. The molecule has 2 aliphatic heterocycles. The Kier molecular flexibility index (Phi) is 12.2. The van der Waals surface area contributed by atoms with Gasteiger partial charge in [0.15, 0.2) is 12.6 Å². The second-order valence-corrected chi connectivity index (χ2v) is 18.9. The molecule has 306 valence electrons. The van der Waals surface area contributed by atoms with Gasteiger partial charge < -0.3 is 54.7 Å². The zero-order valence-electron chi connectivity index (χ0n) is 31.4. The number of rotatable bonds is 10. The van der Waals surface area contributed by atoms with Crippen molar-refractivity contribution in [1.82, 2.24) is 0 Å². The van der Waals surface area contributed by atoms with E-state index in [4.69, 9.17) is 23.5 Å². The molecule has 4 saturated carbocycles. The zero-order valence-corrected chi connectivity index (χ0v) is 32.2. The third-order valence-electron chi connectivity index (χ3n) is 14.4. The average molecular weight is 779 g/mol. The van der Waals surface area contributed by atoms with Crippen LogP contribution in [-0.4, -0.2) is 135 Å². The molecule has 6 fully saturated rings. The largest absolute Gasteiger partial charge is 0.397 e. The van der Waals surface area contributed by atoms with Gasteiger partial charge in [-0.15, -0.1) is 0 Å². The Bertz CT molecular complexity index is 1410. The molecular weight excluding hydrogens is 716 g/mol. The first-order valence-corrected chi connectivity index (χ1v) is 20.7. The molecule has 0 radical (unpaired) electrons. The van der Waals surface area contributed by atoms with Crippen LogP contribution in [0.3, 0.4) is 0 Å². The first-order valence-electron chi connectivity index (χ1n) is 19.4. The molecule has 0 aromatic heterocycles. The van der Waals surface area contributed by atoms with Gasteiger partial charge in [0.05, 0.1) is 37.1 Å². The maximum Gasteiger partial charge on any atom is 0.397 e. The highest BCUT2D eigenvalue weighted by atomic mass is 32.3. The lowest BCUT2D eigenvalue weighted by Crippen LogP contribution is -2.67. The molecular formula is C37H62O15S. The van der Waals surface area contributed by atoms with Gasteiger partial charge >= 0.3 is 10.4 Å². The third kappa shape index (κ3) is 7.90. The van der Waals surface area contributed by atoms with Crippen LogP contribution in [0, 0.1) is 46.3 Å². The number of aliphatic hydroxyl groups is 7. The SMILES string of the molecule is CC(C)[C@H](/C=C/[C@@H](C)[C@H]1CC[C@@H]2[C@]1(C)CC[C@@H]1[C@@]3(C)CC[C@H](O[C@@H]4OC[C@@H](O)[C@H](O)[C@H]4O)C[C@@H]3[C@@H](O)C[C@]12O)O[C@@H]1OC[C@@H](O)[C@H](OS(=O)(=O)O)[C@H]1O. The average Bonchev–Trinajstić information content (AvgIpc) is 3.44. The van der Waals surface area contributed by atoms with Gasteiger partial charge in [-0.1, -0.05) is 46.8 Å². The first kappa shape index (κ1) is 41.8. The number of hydrogen-bond donors (Lipinski definition) is 8. The van der Waals surface area contributed by atoms with Gasteiger partial charge in [-0.2, -0.15) is 8.42 Å². The van der Waals surface area contributed by atoms with E-state index in [9.17, 15) is 44.2 Å². The second kappa shape index (κ2) is 15.5. The first-order chi connectivity index (χ1) is 24.7. The second-order valence-electron chi connectivity index (χ2n) is 17.8. The summed E-state index contributed by atoms with van der Waals surface area (Å²) in [4.78, 5) is 0. The standard InChI is InChI=1S/C37H62O15S/c1-18(2)26(51-34-31(43)32(25(40)17-49-34)52-53(45,46)47)8-6-19(3)21-7-9-27-35(21,4)13-11-28-36(5)12-10-20(14-22(36)23(38)15-37(27,28)44)50-33-30(42)29(41)24(39)16-48-33/h6,8,18-34,38-44H,7,9-17H2,1-5H3,(H,45,46,47)/b8-6+/t19-,20+,21-,22-,23+,24-,25-,26+,27-,28-,29+,30-,31-,32+,33+,34+,35-,36+,37-/m1/s1. The lowest BCUT2D eigenvalue weighted by atomic mass is 9.42. The summed E-state index contributed by atoms with van der Waals surface area (Å²) in [6.45, 7) is 10.0. The van der Waals surface area contributed by atoms with Gasteiger partial charge in [0, 0.05) is 6.42 Å². The summed E-state index contributed by atoms with van der Waals surface area (Å²) in [5.41, 5.74) is -1.56. The van der Waals surface area contributed by atoms with E-state index >= 15 is 0 Å². The fraction of sp³-hybridized carbons (Fsp3) is 0.946. The van der Waals surface area contributed by atoms with Crippen molar-refractivity contribution in [3.63, 3.8) is 0 Å². The Morgan fingerprint density at radius 1 is 0.774 bits per heavy atom. The molecule has 16 heteroatoms. The van der Waals surface area contributed by atoms with Crippen LogP contribution in [0.4, 0.5) is 0 Å². The molecule has 53 heavy (non-hydrogen) atoms. The fourth-order valence-corrected chi connectivity index (χ4v) is 12.2. The van der Waals surface area contributed by atoms with Gasteiger partial charge in [0.25, 0.3) is 0 Å². The number of aliphatic hydroxyl groups excluding tert-OH is 6. The Hall–Kier alpha value is -0.830. The van der Waals surface area contributed by atoms with Gasteiger partial charge in [-0.05, 0) is 91.3 Å². The summed E-state index contributed by atoms with van der Waals surface area (Å²) in [7, 11) is -4.95. The Labute approximate surface area is 312 Å². The van der Waals surface area contributed by atoms with Gasteiger partial charge in [-0.3, -0.25) is 4.55 Å². The minimum Gasteiger partial charge on any atom is -0.393 e. The molecule has 6 aliphatic rings. The minimum absolute atomic E-state index is 0.00620. The van der Waals surface area contributed by atoms with Crippen LogP contribution >= 0.6 is 0 Å². The molecule has 15 nitrogen and oxygen atoms in total. The fourth-order valence-electron chi connectivity index (χ4n) is 11.6. The zero-order chi connectivity index (χ0) is 38.8. The van der Waals surface area contributed by atoms with Crippen LogP contribution in [0.25, 0.3) is 0 Å². The molecule has 0 amide bonds. The van der Waals surface area contributed by atoms with Gasteiger partial charge in [0.1, 0.15) is 36.6 Å². The van der Waals surface area contributed by atoms with Gasteiger partial charge in [-0.25, -0.2) is 4.18 Å². The van der Waals surface area contributed by atoms with E-state index in [0.717, 1.165) is 32.1 Å². The topological polar surface area (TPSA) is 242 Å². The van der Waals surface area contributed by atoms with Crippen LogP contribution < -0.4 is 0 Å². The van der Waals surface area contributed by atoms with Crippen LogP contribution in [0.1, 0.15) is 86.0 Å². The number of fused-ring (bicyclic) bond motifs is 5. The minimum atomic E-state index is -4.95. The summed E-state index contributed by atoms with van der Waals surface area (Å²) in [5.74, 6) is 0.123. The smallest absolute Gasteiger partial charge is 0.393 e. The predicted molar refractivity (Wildman–Crippen MR) is 187 cm³/mol. The molecule has 19 atom stereocenters. The number of ether oxygens (including phenoxy) is 4. The normalized spacial score (nSPS) is 50.4. The van der Waals surface area contributed by atoms with Crippen molar-refractivity contribution in [2.45, 2.75) is 159 Å². The lowest BCUT2D eigenvalue weighted by molar-refractivity contribution is -0.298. The van der Waals surface area contributed by atoms with Crippen LogP contribution in [0.2, 0.25) is 0 Å². The molecule has 2 heterocycles. The molecule has 0 bridgehead atoms. The van der Waals surface area contributed by atoms with E-state index in [2.05, 4.69) is 31.0 Å². The van der Waals surface area contributed by atoms with E-state index < -0.39 is 77.4 Å². The van der Waals surface area contributed by atoms with E-state index in [1.807, 2.05) is 19.9 Å². The van der Waals surface area contributed by atoms with Crippen molar-refractivity contribution in [2.75, 3.05) is 13.2 Å². The monoisotopic (exact) mass is 778 g/mol. The van der Waals surface area contributed by atoms with Crippen molar-refractivity contribution in [3.05, 3.63) is 12.2 Å². The predicted octanol–water partition coefficient (Wildman–Crippen LogP) is 1.05. The van der Waals surface area contributed by atoms with Crippen molar-refractivity contribution < 1.29 is 71.8 Å². The molecule has 0 unspecified atom stereocenters. The van der Waals surface area contributed by atoms with Crippen molar-refractivity contribution in [3.8, 4) is 0 Å². The Balaban J connectivity index is 1.11. The summed E-state index contributed by atoms with van der Waals surface area (Å²) >= 11 is 0. The molecule has 0 spiro atoms. The highest BCUT2D eigenvalue weighted by molar-refractivity contribution is 7.80. The van der Waals surface area contributed by atoms with Crippen molar-refractivity contribution in [1.29, 1.82) is 0 Å². The molecule has 8 N–H and O–H groups in total. The third-order valence-corrected chi connectivity index (χ3v) is 14.8. The van der Waals surface area contributed by atoms with Crippen molar-refractivity contribution >= 4 is 10.4 Å². The molecule has 6 rings (SSSR count). The summed E-state index contributed by atoms with van der Waals surface area (Å²) in [6.07, 6.45) is -3.04. The lowest BCUT2D eigenvalue weighted by Gasteiger charge is -2.66. The molecule has 4 aliphatic carbocycles. The van der Waals surface area contributed by atoms with E-state index in [1.54, 1.807) is 0 Å². The quantitative estimate of drug-likeness (QED) is 0.0879. The van der Waals surface area contributed by atoms with E-state index in [-0.39, 0.29) is 72.1 Å².